The third kappa shape index (κ3) is 1.26. The number of hydrogen-bond donors (Lipinski definition) is 0. The van der Waals surface area contributed by atoms with Crippen molar-refractivity contribution in [3.63, 3.8) is 0 Å². The lowest BCUT2D eigenvalue weighted by Crippen LogP contribution is -1.79. The van der Waals surface area contributed by atoms with Crippen LogP contribution >= 0.6 is 0 Å². The summed E-state index contributed by atoms with van der Waals surface area (Å²) in [6.07, 6.45) is 5.88. The molecule has 0 N–H and O–H groups in total. The molecular formula is C8H12N2. The molecule has 0 unspecified atom stereocenters. The van der Waals surface area contributed by atoms with Gasteiger partial charge in [0.1, 0.15) is 0 Å². The van der Waals surface area contributed by atoms with Crippen LogP contribution in [-0.4, -0.2) is 9.55 Å². The zero-order chi connectivity index (χ0) is 7.56. The van der Waals surface area contributed by atoms with Gasteiger partial charge in [0.2, 0.25) is 0 Å². The summed E-state index contributed by atoms with van der Waals surface area (Å²) >= 11 is 0. The van der Waals surface area contributed by atoms with Crippen molar-refractivity contribution in [2.75, 3.05) is 0 Å². The van der Waals surface area contributed by atoms with E-state index in [-0.39, 0.29) is 0 Å². The number of imidazole rings is 1. The Kier molecular flexibility index (Phi) is 1.90. The van der Waals surface area contributed by atoms with E-state index in [9.17, 15) is 0 Å². The average Bonchev–Trinajstić information content (AvgIpc) is 2.34. The summed E-state index contributed by atoms with van der Waals surface area (Å²) in [6, 6.07) is 0. The van der Waals surface area contributed by atoms with Gasteiger partial charge in [0.25, 0.3) is 0 Å². The maximum Gasteiger partial charge on any atom is 0.0950 e. The van der Waals surface area contributed by atoms with Gasteiger partial charge in [-0.15, -0.1) is 0 Å². The Morgan fingerprint density at radius 2 is 2.40 bits per heavy atom. The van der Waals surface area contributed by atoms with Crippen molar-refractivity contribution in [2.45, 2.75) is 13.8 Å². The van der Waals surface area contributed by atoms with Crippen LogP contribution in [0.3, 0.4) is 0 Å². The summed E-state index contributed by atoms with van der Waals surface area (Å²) in [5, 5.41) is 0. The normalized spacial score (nSPS) is 12.1. The lowest BCUT2D eigenvalue weighted by atomic mass is 10.2. The molecule has 2 heteroatoms. The van der Waals surface area contributed by atoms with Crippen LogP contribution in [0.5, 0.6) is 0 Å². The Balaban J connectivity index is 2.95. The maximum atomic E-state index is 4.18. The molecule has 0 spiro atoms. The number of rotatable bonds is 1. The van der Waals surface area contributed by atoms with E-state index in [0.29, 0.717) is 0 Å². The van der Waals surface area contributed by atoms with E-state index in [1.165, 1.54) is 5.57 Å². The number of allylic oxidation sites excluding steroid dienone is 2. The van der Waals surface area contributed by atoms with Crippen LogP contribution in [0, 0.1) is 0 Å². The second kappa shape index (κ2) is 2.69. The minimum Gasteiger partial charge on any atom is -0.340 e. The lowest BCUT2D eigenvalue weighted by Gasteiger charge is -1.90. The van der Waals surface area contributed by atoms with Crippen molar-refractivity contribution in [3.8, 4) is 0 Å². The van der Waals surface area contributed by atoms with Gasteiger partial charge in [-0.25, -0.2) is 4.98 Å². The van der Waals surface area contributed by atoms with E-state index in [1.807, 2.05) is 31.1 Å². The number of hydrogen-bond acceptors (Lipinski definition) is 1. The molecule has 0 aliphatic rings. The third-order valence-corrected chi connectivity index (χ3v) is 1.54. The Bertz CT molecular complexity index is 246. The van der Waals surface area contributed by atoms with Crippen LogP contribution in [0.4, 0.5) is 0 Å². The van der Waals surface area contributed by atoms with Crippen molar-refractivity contribution in [1.29, 1.82) is 0 Å². The van der Waals surface area contributed by atoms with Crippen LogP contribution in [0.15, 0.2) is 18.6 Å². The van der Waals surface area contributed by atoms with Gasteiger partial charge in [-0.05, 0) is 19.4 Å². The first kappa shape index (κ1) is 7.06. The Labute approximate surface area is 61.2 Å². The average molecular weight is 136 g/mol. The van der Waals surface area contributed by atoms with Gasteiger partial charge >= 0.3 is 0 Å². The third-order valence-electron chi connectivity index (χ3n) is 1.54. The minimum atomic E-state index is 1.06. The topological polar surface area (TPSA) is 17.8 Å². The van der Waals surface area contributed by atoms with Crippen LogP contribution in [0.1, 0.15) is 19.5 Å². The number of nitrogens with zero attached hydrogens (tertiary/aromatic N) is 2. The van der Waals surface area contributed by atoms with E-state index in [0.717, 1.165) is 5.69 Å². The summed E-state index contributed by atoms with van der Waals surface area (Å²) in [4.78, 5) is 4.18. The molecule has 0 fully saturated rings. The molecular weight excluding hydrogens is 124 g/mol. The fourth-order valence-corrected chi connectivity index (χ4v) is 0.764. The largest absolute Gasteiger partial charge is 0.340 e. The molecule has 0 aromatic carbocycles. The van der Waals surface area contributed by atoms with Crippen molar-refractivity contribution < 1.29 is 0 Å². The molecule has 0 bridgehead atoms. The Morgan fingerprint density at radius 3 is 2.80 bits per heavy atom. The van der Waals surface area contributed by atoms with Gasteiger partial charge in [0, 0.05) is 13.2 Å². The molecule has 1 heterocycles. The molecule has 10 heavy (non-hydrogen) atoms. The van der Waals surface area contributed by atoms with Gasteiger partial charge < -0.3 is 4.57 Å². The predicted octanol–water partition coefficient (Wildman–Crippen LogP) is 1.84. The van der Waals surface area contributed by atoms with Gasteiger partial charge in [0.15, 0.2) is 0 Å². The van der Waals surface area contributed by atoms with E-state index in [2.05, 4.69) is 18.0 Å². The molecule has 1 aromatic heterocycles. The Hall–Kier alpha value is -1.05. The molecule has 54 valence electrons. The molecule has 0 atom stereocenters. The zero-order valence-electron chi connectivity index (χ0n) is 6.63. The summed E-state index contributed by atoms with van der Waals surface area (Å²) < 4.78 is 1.95. The summed E-state index contributed by atoms with van der Waals surface area (Å²) in [7, 11) is 1.97. The summed E-state index contributed by atoms with van der Waals surface area (Å²) in [6.45, 7) is 4.08. The molecule has 0 saturated carbocycles. The number of aromatic nitrogens is 2. The van der Waals surface area contributed by atoms with Crippen LogP contribution in [0.2, 0.25) is 0 Å². The highest BCUT2D eigenvalue weighted by Crippen LogP contribution is 2.08. The van der Waals surface area contributed by atoms with E-state index in [1.54, 1.807) is 0 Å². The molecule has 0 amide bonds. The van der Waals surface area contributed by atoms with Gasteiger partial charge in [-0.1, -0.05) is 6.08 Å². The molecule has 0 aliphatic heterocycles. The van der Waals surface area contributed by atoms with Crippen molar-refractivity contribution in [3.05, 3.63) is 24.3 Å². The number of aryl methyl sites for hydroxylation is 1. The van der Waals surface area contributed by atoms with Crippen molar-refractivity contribution in [1.82, 2.24) is 9.55 Å². The summed E-state index contributed by atoms with van der Waals surface area (Å²) in [5.41, 5.74) is 2.28. The zero-order valence-corrected chi connectivity index (χ0v) is 6.63. The quantitative estimate of drug-likeness (QED) is 0.576. The predicted molar refractivity (Wildman–Crippen MR) is 42.5 cm³/mol. The molecule has 1 aromatic rings. The fourth-order valence-electron chi connectivity index (χ4n) is 0.764. The highest BCUT2D eigenvalue weighted by atomic mass is 15.0. The van der Waals surface area contributed by atoms with Gasteiger partial charge in [-0.2, -0.15) is 0 Å². The second-order valence-corrected chi connectivity index (χ2v) is 2.40. The fraction of sp³-hybridized carbons (Fsp3) is 0.375. The van der Waals surface area contributed by atoms with E-state index < -0.39 is 0 Å². The molecule has 0 radical (unpaired) electrons. The monoisotopic (exact) mass is 136 g/mol. The summed E-state index contributed by atoms with van der Waals surface area (Å²) in [5.74, 6) is 0. The molecule has 0 aliphatic carbocycles. The smallest absolute Gasteiger partial charge is 0.0950 e. The van der Waals surface area contributed by atoms with Crippen molar-refractivity contribution in [2.24, 2.45) is 7.05 Å². The highest BCUT2D eigenvalue weighted by Gasteiger charge is 1.95. The van der Waals surface area contributed by atoms with Crippen LogP contribution in [0.25, 0.3) is 5.57 Å². The Morgan fingerprint density at radius 1 is 1.70 bits per heavy atom. The first-order valence-corrected chi connectivity index (χ1v) is 3.35. The first-order chi connectivity index (χ1) is 4.74. The minimum absolute atomic E-state index is 1.06. The van der Waals surface area contributed by atoms with Gasteiger partial charge in [0.05, 0.1) is 12.0 Å². The molecule has 1 rings (SSSR count). The van der Waals surface area contributed by atoms with E-state index in [4.69, 9.17) is 0 Å². The highest BCUT2D eigenvalue weighted by molar-refractivity contribution is 5.59. The first-order valence-electron chi connectivity index (χ1n) is 3.35. The van der Waals surface area contributed by atoms with E-state index >= 15 is 0 Å². The second-order valence-electron chi connectivity index (χ2n) is 2.40. The van der Waals surface area contributed by atoms with Crippen LogP contribution in [-0.2, 0) is 7.05 Å². The van der Waals surface area contributed by atoms with Crippen LogP contribution < -0.4 is 0 Å². The van der Waals surface area contributed by atoms with Crippen molar-refractivity contribution >= 4 is 5.57 Å². The standard InChI is InChI=1S/C8H12N2/c1-4-7(2)8-5-10(3)6-9-8/h4-6H,1-3H3/b7-4+. The lowest BCUT2D eigenvalue weighted by molar-refractivity contribution is 0.913. The SMILES string of the molecule is C/C=C(\C)c1cn(C)cn1. The molecule has 2 nitrogen and oxygen atoms in total. The molecule has 0 saturated heterocycles. The van der Waals surface area contributed by atoms with Gasteiger partial charge in [-0.3, -0.25) is 0 Å². The maximum absolute atomic E-state index is 4.18.